The third-order valence-corrected chi connectivity index (χ3v) is 5.90. The van der Waals surface area contributed by atoms with Crippen molar-refractivity contribution in [1.82, 2.24) is 20.1 Å². The quantitative estimate of drug-likeness (QED) is 0.472. The van der Waals surface area contributed by atoms with Crippen LogP contribution < -0.4 is 10.6 Å². The average Bonchev–Trinajstić information content (AvgIpc) is 3.07. The van der Waals surface area contributed by atoms with Crippen LogP contribution in [0, 0.1) is 18.6 Å². The van der Waals surface area contributed by atoms with E-state index in [0.29, 0.717) is 22.6 Å². The highest BCUT2D eigenvalue weighted by Crippen LogP contribution is 2.27. The number of nitrogens with one attached hydrogen (secondary N) is 2. The number of benzene rings is 2. The first-order valence-corrected chi connectivity index (χ1v) is 10.8. The number of thioether (sulfide) groups is 1. The van der Waals surface area contributed by atoms with Crippen molar-refractivity contribution in [2.75, 3.05) is 11.1 Å². The standard InChI is InChI=1S/C20H18BrF2N5O2S/c1-11-3-5-12(6-4-11)19(30)24-9-16-26-27-20(28(16)2)31-10-17(29)25-18-14(21)7-13(22)8-15(18)23/h3-8H,9-10H2,1-2H3,(H,24,30)(H,25,29). The van der Waals surface area contributed by atoms with Crippen molar-refractivity contribution in [1.29, 1.82) is 0 Å². The van der Waals surface area contributed by atoms with E-state index in [-0.39, 0.29) is 28.4 Å². The normalized spacial score (nSPS) is 10.7. The topological polar surface area (TPSA) is 88.9 Å². The van der Waals surface area contributed by atoms with Gasteiger partial charge >= 0.3 is 0 Å². The summed E-state index contributed by atoms with van der Waals surface area (Å²) in [5.41, 5.74) is 1.47. The van der Waals surface area contributed by atoms with Gasteiger partial charge in [-0.2, -0.15) is 0 Å². The molecule has 2 N–H and O–H groups in total. The Hall–Kier alpha value is -2.79. The summed E-state index contributed by atoms with van der Waals surface area (Å²) in [5.74, 6) is -1.91. The van der Waals surface area contributed by atoms with E-state index in [0.717, 1.165) is 23.4 Å². The highest BCUT2D eigenvalue weighted by atomic mass is 79.9. The molecule has 3 aromatic rings. The number of halogens is 3. The molecule has 3 rings (SSSR count). The van der Waals surface area contributed by atoms with Crippen LogP contribution in [-0.2, 0) is 18.4 Å². The van der Waals surface area contributed by atoms with Crippen LogP contribution in [0.4, 0.5) is 14.5 Å². The zero-order valence-electron chi connectivity index (χ0n) is 16.6. The van der Waals surface area contributed by atoms with Crippen molar-refractivity contribution >= 4 is 45.2 Å². The molecule has 0 saturated carbocycles. The van der Waals surface area contributed by atoms with Crippen molar-refractivity contribution in [2.24, 2.45) is 7.05 Å². The molecule has 0 aliphatic heterocycles. The Labute approximate surface area is 189 Å². The van der Waals surface area contributed by atoms with Gasteiger partial charge in [0.1, 0.15) is 5.82 Å². The van der Waals surface area contributed by atoms with Gasteiger partial charge in [0.05, 0.1) is 18.0 Å². The minimum atomic E-state index is -0.879. The number of nitrogens with zero attached hydrogens (tertiary/aromatic N) is 3. The number of carbonyl (C=O) groups excluding carboxylic acids is 2. The summed E-state index contributed by atoms with van der Waals surface area (Å²) in [6.07, 6.45) is 0. The van der Waals surface area contributed by atoms with Crippen LogP contribution in [0.5, 0.6) is 0 Å². The fraction of sp³-hybridized carbons (Fsp3) is 0.200. The lowest BCUT2D eigenvalue weighted by molar-refractivity contribution is -0.113. The first-order chi connectivity index (χ1) is 14.7. The molecule has 7 nitrogen and oxygen atoms in total. The molecule has 0 fully saturated rings. The van der Waals surface area contributed by atoms with Gasteiger partial charge in [0.2, 0.25) is 5.91 Å². The van der Waals surface area contributed by atoms with Gasteiger partial charge in [0.15, 0.2) is 16.8 Å². The molecule has 31 heavy (non-hydrogen) atoms. The van der Waals surface area contributed by atoms with E-state index in [2.05, 4.69) is 36.8 Å². The Morgan fingerprint density at radius 1 is 1.16 bits per heavy atom. The van der Waals surface area contributed by atoms with E-state index in [1.54, 1.807) is 23.7 Å². The maximum absolute atomic E-state index is 13.8. The molecule has 11 heteroatoms. The van der Waals surface area contributed by atoms with Gasteiger partial charge in [-0.3, -0.25) is 9.59 Å². The fourth-order valence-electron chi connectivity index (χ4n) is 2.56. The molecular weight excluding hydrogens is 492 g/mol. The Balaban J connectivity index is 1.55. The fourth-order valence-corrected chi connectivity index (χ4v) is 3.80. The number of amides is 2. The van der Waals surface area contributed by atoms with Crippen molar-refractivity contribution < 1.29 is 18.4 Å². The molecule has 2 aromatic carbocycles. The zero-order chi connectivity index (χ0) is 22.5. The van der Waals surface area contributed by atoms with Gasteiger partial charge in [0.25, 0.3) is 5.91 Å². The zero-order valence-corrected chi connectivity index (χ0v) is 19.0. The van der Waals surface area contributed by atoms with Crippen LogP contribution in [0.3, 0.4) is 0 Å². The highest BCUT2D eigenvalue weighted by molar-refractivity contribution is 9.10. The van der Waals surface area contributed by atoms with Crippen molar-refractivity contribution in [3.8, 4) is 0 Å². The first kappa shape index (κ1) is 22.9. The summed E-state index contributed by atoms with van der Waals surface area (Å²) in [5, 5.41) is 13.7. The van der Waals surface area contributed by atoms with E-state index in [4.69, 9.17) is 0 Å². The summed E-state index contributed by atoms with van der Waals surface area (Å²) in [4.78, 5) is 24.4. The minimum Gasteiger partial charge on any atom is -0.345 e. The van der Waals surface area contributed by atoms with E-state index in [1.807, 2.05) is 19.1 Å². The van der Waals surface area contributed by atoms with Gasteiger partial charge in [-0.25, -0.2) is 8.78 Å². The molecule has 0 aliphatic rings. The molecule has 0 aliphatic carbocycles. The first-order valence-electron chi connectivity index (χ1n) is 9.05. The number of hydrogen-bond acceptors (Lipinski definition) is 5. The molecule has 162 valence electrons. The van der Waals surface area contributed by atoms with Gasteiger partial charge < -0.3 is 15.2 Å². The predicted molar refractivity (Wildman–Crippen MR) is 117 cm³/mol. The third kappa shape index (κ3) is 5.88. The van der Waals surface area contributed by atoms with E-state index >= 15 is 0 Å². The van der Waals surface area contributed by atoms with Crippen LogP contribution in [-0.4, -0.2) is 32.3 Å². The Morgan fingerprint density at radius 2 is 1.87 bits per heavy atom. The Bertz CT molecular complexity index is 1100. The van der Waals surface area contributed by atoms with E-state index < -0.39 is 17.5 Å². The maximum Gasteiger partial charge on any atom is 0.251 e. The van der Waals surface area contributed by atoms with Crippen LogP contribution >= 0.6 is 27.7 Å². The third-order valence-electron chi connectivity index (χ3n) is 4.25. The number of rotatable bonds is 7. The Kier molecular flexibility index (Phi) is 7.39. The lowest BCUT2D eigenvalue weighted by atomic mass is 10.1. The molecule has 0 radical (unpaired) electrons. The summed E-state index contributed by atoms with van der Waals surface area (Å²) in [6, 6.07) is 8.94. The Morgan fingerprint density at radius 3 is 2.55 bits per heavy atom. The lowest BCUT2D eigenvalue weighted by Crippen LogP contribution is -2.24. The number of anilines is 1. The molecule has 0 saturated heterocycles. The maximum atomic E-state index is 13.8. The number of aryl methyl sites for hydroxylation is 1. The second-order valence-electron chi connectivity index (χ2n) is 6.59. The van der Waals surface area contributed by atoms with Crippen LogP contribution in [0.1, 0.15) is 21.7 Å². The second kappa shape index (κ2) is 10.0. The molecule has 0 atom stereocenters. The number of aromatic nitrogens is 3. The smallest absolute Gasteiger partial charge is 0.251 e. The van der Waals surface area contributed by atoms with Crippen molar-refractivity contribution in [3.05, 3.63) is 69.5 Å². The summed E-state index contributed by atoms with van der Waals surface area (Å²) in [6.45, 7) is 2.10. The number of carbonyl (C=O) groups is 2. The highest BCUT2D eigenvalue weighted by Gasteiger charge is 2.16. The molecule has 2 amide bonds. The summed E-state index contributed by atoms with van der Waals surface area (Å²) >= 11 is 4.12. The second-order valence-corrected chi connectivity index (χ2v) is 8.38. The number of hydrogen-bond donors (Lipinski definition) is 2. The van der Waals surface area contributed by atoms with Crippen LogP contribution in [0.2, 0.25) is 0 Å². The van der Waals surface area contributed by atoms with Crippen molar-refractivity contribution in [2.45, 2.75) is 18.6 Å². The lowest BCUT2D eigenvalue weighted by Gasteiger charge is -2.09. The predicted octanol–water partition coefficient (Wildman–Crippen LogP) is 3.83. The average molecular weight is 510 g/mol. The molecule has 1 aromatic heterocycles. The van der Waals surface area contributed by atoms with E-state index in [1.165, 1.54) is 0 Å². The monoisotopic (exact) mass is 509 g/mol. The summed E-state index contributed by atoms with van der Waals surface area (Å²) in [7, 11) is 1.71. The molecule has 1 heterocycles. The van der Waals surface area contributed by atoms with Crippen LogP contribution in [0.25, 0.3) is 0 Å². The molecule has 0 unspecified atom stereocenters. The van der Waals surface area contributed by atoms with Gasteiger partial charge in [-0.05, 0) is 41.1 Å². The SMILES string of the molecule is Cc1ccc(C(=O)NCc2nnc(SCC(=O)Nc3c(F)cc(F)cc3Br)n2C)cc1. The van der Waals surface area contributed by atoms with Gasteiger partial charge in [0, 0.05) is 23.2 Å². The minimum absolute atomic E-state index is 0.0645. The molecule has 0 bridgehead atoms. The molecule has 0 spiro atoms. The van der Waals surface area contributed by atoms with Gasteiger partial charge in [-0.1, -0.05) is 29.5 Å². The van der Waals surface area contributed by atoms with Crippen molar-refractivity contribution in [3.63, 3.8) is 0 Å². The summed E-state index contributed by atoms with van der Waals surface area (Å²) < 4.78 is 28.8. The van der Waals surface area contributed by atoms with Crippen LogP contribution in [0.15, 0.2) is 46.0 Å². The van der Waals surface area contributed by atoms with Gasteiger partial charge in [-0.15, -0.1) is 10.2 Å². The van der Waals surface area contributed by atoms with E-state index in [9.17, 15) is 18.4 Å². The largest absolute Gasteiger partial charge is 0.345 e. The molecular formula is C20H18BrF2N5O2S.